The van der Waals surface area contributed by atoms with Crippen LogP contribution in [0.25, 0.3) is 10.4 Å². The number of nitrogens with zero attached hydrogens (tertiary/aromatic N) is 1. The van der Waals surface area contributed by atoms with Crippen LogP contribution >= 0.6 is 11.3 Å². The normalized spacial score (nSPS) is 10.4. The molecule has 1 aromatic carbocycles. The van der Waals surface area contributed by atoms with Gasteiger partial charge in [0.1, 0.15) is 5.75 Å². The molecule has 19 heavy (non-hydrogen) atoms. The number of rotatable bonds is 5. The third-order valence-electron chi connectivity index (χ3n) is 2.67. The lowest BCUT2D eigenvalue weighted by atomic mass is 10.1. The fourth-order valence-electron chi connectivity index (χ4n) is 1.79. The summed E-state index contributed by atoms with van der Waals surface area (Å²) < 4.78 is 5.17. The molecule has 100 valence electrons. The SMILES string of the molecule is CCCc1nc(C(=O)O)c(-c2cccc(OC)c2)s1. The van der Waals surface area contributed by atoms with Crippen molar-refractivity contribution in [3.63, 3.8) is 0 Å². The van der Waals surface area contributed by atoms with Crippen molar-refractivity contribution < 1.29 is 14.6 Å². The lowest BCUT2D eigenvalue weighted by Gasteiger charge is -2.02. The molecule has 4 nitrogen and oxygen atoms in total. The smallest absolute Gasteiger partial charge is 0.356 e. The molecule has 0 bridgehead atoms. The van der Waals surface area contributed by atoms with E-state index in [0.717, 1.165) is 23.4 Å². The zero-order valence-corrected chi connectivity index (χ0v) is 11.7. The quantitative estimate of drug-likeness (QED) is 0.909. The minimum atomic E-state index is -0.989. The number of hydrogen-bond acceptors (Lipinski definition) is 4. The Kier molecular flexibility index (Phi) is 4.16. The van der Waals surface area contributed by atoms with Gasteiger partial charge >= 0.3 is 5.97 Å². The highest BCUT2D eigenvalue weighted by molar-refractivity contribution is 7.15. The van der Waals surface area contributed by atoms with E-state index < -0.39 is 5.97 Å². The molecule has 1 heterocycles. The molecule has 0 aliphatic carbocycles. The van der Waals surface area contributed by atoms with Crippen molar-refractivity contribution in [1.29, 1.82) is 0 Å². The zero-order chi connectivity index (χ0) is 13.8. The van der Waals surface area contributed by atoms with Crippen LogP contribution in [0.1, 0.15) is 28.8 Å². The molecule has 0 spiro atoms. The Morgan fingerprint density at radius 3 is 2.89 bits per heavy atom. The van der Waals surface area contributed by atoms with E-state index in [1.165, 1.54) is 11.3 Å². The first kappa shape index (κ1) is 13.5. The molecule has 0 amide bonds. The van der Waals surface area contributed by atoms with Crippen molar-refractivity contribution in [2.45, 2.75) is 19.8 Å². The van der Waals surface area contributed by atoms with Crippen LogP contribution in [0.5, 0.6) is 5.75 Å². The van der Waals surface area contributed by atoms with Gasteiger partial charge in [0, 0.05) is 0 Å². The number of carbonyl (C=O) groups is 1. The number of carboxylic acids is 1. The van der Waals surface area contributed by atoms with Crippen molar-refractivity contribution in [3.8, 4) is 16.2 Å². The molecule has 0 saturated heterocycles. The molecule has 0 atom stereocenters. The van der Waals surface area contributed by atoms with Crippen LogP contribution in [0.2, 0.25) is 0 Å². The van der Waals surface area contributed by atoms with E-state index in [2.05, 4.69) is 4.98 Å². The molecule has 0 aliphatic rings. The van der Waals surface area contributed by atoms with E-state index >= 15 is 0 Å². The number of aromatic nitrogens is 1. The molecule has 0 radical (unpaired) electrons. The van der Waals surface area contributed by atoms with Crippen LogP contribution in [0.4, 0.5) is 0 Å². The van der Waals surface area contributed by atoms with E-state index in [0.29, 0.717) is 10.6 Å². The summed E-state index contributed by atoms with van der Waals surface area (Å²) >= 11 is 1.44. The van der Waals surface area contributed by atoms with Gasteiger partial charge in [-0.05, 0) is 30.5 Å². The minimum absolute atomic E-state index is 0.127. The van der Waals surface area contributed by atoms with Gasteiger partial charge < -0.3 is 9.84 Å². The van der Waals surface area contributed by atoms with E-state index in [9.17, 15) is 9.90 Å². The summed E-state index contributed by atoms with van der Waals surface area (Å²) in [6.45, 7) is 2.05. The number of benzene rings is 1. The van der Waals surface area contributed by atoms with Crippen LogP contribution in [0, 0.1) is 0 Å². The molecule has 1 N–H and O–H groups in total. The number of aryl methyl sites for hydroxylation is 1. The lowest BCUT2D eigenvalue weighted by Crippen LogP contribution is -1.99. The fourth-order valence-corrected chi connectivity index (χ4v) is 2.94. The maximum Gasteiger partial charge on any atom is 0.356 e. The summed E-state index contributed by atoms with van der Waals surface area (Å²) in [6, 6.07) is 7.38. The van der Waals surface area contributed by atoms with E-state index in [1.807, 2.05) is 31.2 Å². The predicted molar refractivity (Wildman–Crippen MR) is 75.1 cm³/mol. The summed E-state index contributed by atoms with van der Waals surface area (Å²) in [5.74, 6) is -0.282. The van der Waals surface area contributed by atoms with Crippen LogP contribution in [-0.4, -0.2) is 23.2 Å². The number of thiazole rings is 1. The third-order valence-corrected chi connectivity index (χ3v) is 3.83. The Labute approximate surface area is 115 Å². The van der Waals surface area contributed by atoms with Crippen LogP contribution < -0.4 is 4.74 Å². The van der Waals surface area contributed by atoms with Crippen molar-refractivity contribution in [3.05, 3.63) is 35.0 Å². The topological polar surface area (TPSA) is 59.4 Å². The van der Waals surface area contributed by atoms with Gasteiger partial charge in [0.25, 0.3) is 0 Å². The number of aromatic carboxylic acids is 1. The Morgan fingerprint density at radius 2 is 2.26 bits per heavy atom. The van der Waals surface area contributed by atoms with Gasteiger partial charge in [0.15, 0.2) is 5.69 Å². The van der Waals surface area contributed by atoms with E-state index in [4.69, 9.17) is 4.74 Å². The molecule has 2 aromatic rings. The van der Waals surface area contributed by atoms with Gasteiger partial charge in [-0.25, -0.2) is 9.78 Å². The average Bonchev–Trinajstić information content (AvgIpc) is 2.83. The molecule has 0 unspecified atom stereocenters. The van der Waals surface area contributed by atoms with Crippen molar-refractivity contribution in [2.24, 2.45) is 0 Å². The monoisotopic (exact) mass is 277 g/mol. The largest absolute Gasteiger partial charge is 0.497 e. The second kappa shape index (κ2) is 5.84. The molecule has 0 aliphatic heterocycles. The van der Waals surface area contributed by atoms with Crippen LogP contribution in [-0.2, 0) is 6.42 Å². The van der Waals surface area contributed by atoms with Crippen LogP contribution in [0.3, 0.4) is 0 Å². The molecular weight excluding hydrogens is 262 g/mol. The Bertz CT molecular complexity index is 592. The molecular formula is C14H15NO3S. The summed E-state index contributed by atoms with van der Waals surface area (Å²) in [6.07, 6.45) is 1.75. The van der Waals surface area contributed by atoms with Gasteiger partial charge in [-0.15, -0.1) is 11.3 Å². The van der Waals surface area contributed by atoms with Crippen LogP contribution in [0.15, 0.2) is 24.3 Å². The first-order valence-electron chi connectivity index (χ1n) is 6.03. The first-order chi connectivity index (χ1) is 9.15. The maximum atomic E-state index is 11.3. The number of methoxy groups -OCH3 is 1. The average molecular weight is 277 g/mol. The van der Waals surface area contributed by atoms with Gasteiger partial charge in [0.05, 0.1) is 17.0 Å². The second-order valence-corrected chi connectivity index (χ2v) is 5.16. The van der Waals surface area contributed by atoms with Gasteiger partial charge in [-0.3, -0.25) is 0 Å². The summed E-state index contributed by atoms with van der Waals surface area (Å²) in [5.41, 5.74) is 0.957. The predicted octanol–water partition coefficient (Wildman–Crippen LogP) is 3.47. The van der Waals surface area contributed by atoms with E-state index in [-0.39, 0.29) is 5.69 Å². The molecule has 0 saturated carbocycles. The van der Waals surface area contributed by atoms with Gasteiger partial charge in [0.2, 0.25) is 0 Å². The van der Waals surface area contributed by atoms with Crippen molar-refractivity contribution >= 4 is 17.3 Å². The highest BCUT2D eigenvalue weighted by atomic mass is 32.1. The lowest BCUT2D eigenvalue weighted by molar-refractivity contribution is 0.0692. The number of carboxylic acid groups (broad SMARTS) is 1. The summed E-state index contributed by atoms with van der Waals surface area (Å²) in [4.78, 5) is 16.2. The molecule has 0 fully saturated rings. The fraction of sp³-hybridized carbons (Fsp3) is 0.286. The zero-order valence-electron chi connectivity index (χ0n) is 10.8. The van der Waals surface area contributed by atoms with Gasteiger partial charge in [-0.1, -0.05) is 19.1 Å². The second-order valence-electron chi connectivity index (χ2n) is 4.07. The Hall–Kier alpha value is -1.88. The van der Waals surface area contributed by atoms with E-state index in [1.54, 1.807) is 7.11 Å². The van der Waals surface area contributed by atoms with Gasteiger partial charge in [-0.2, -0.15) is 0 Å². The highest BCUT2D eigenvalue weighted by Crippen LogP contribution is 2.32. The molecule has 5 heteroatoms. The van der Waals surface area contributed by atoms with Crippen molar-refractivity contribution in [1.82, 2.24) is 4.98 Å². The Morgan fingerprint density at radius 1 is 1.47 bits per heavy atom. The minimum Gasteiger partial charge on any atom is -0.497 e. The maximum absolute atomic E-state index is 11.3. The van der Waals surface area contributed by atoms with Crippen molar-refractivity contribution in [2.75, 3.05) is 7.11 Å². The standard InChI is InChI=1S/C14H15NO3S/c1-3-5-11-15-12(14(16)17)13(19-11)9-6-4-7-10(8-9)18-2/h4,6-8H,3,5H2,1-2H3,(H,16,17). The highest BCUT2D eigenvalue weighted by Gasteiger charge is 2.18. The summed E-state index contributed by atoms with van der Waals surface area (Å²) in [5, 5.41) is 10.1. The molecule has 2 rings (SSSR count). The number of ether oxygens (including phenoxy) is 1. The first-order valence-corrected chi connectivity index (χ1v) is 6.84. The molecule has 1 aromatic heterocycles. The third kappa shape index (κ3) is 2.93. The number of hydrogen-bond donors (Lipinski definition) is 1. The Balaban J connectivity index is 2.49. The summed E-state index contributed by atoms with van der Waals surface area (Å²) in [7, 11) is 1.59.